The fourth-order valence-electron chi connectivity index (χ4n) is 1.31. The molecule has 90 valence electrons. The van der Waals surface area contributed by atoms with Crippen molar-refractivity contribution in [3.63, 3.8) is 0 Å². The summed E-state index contributed by atoms with van der Waals surface area (Å²) >= 11 is 6.46. The van der Waals surface area contributed by atoms with Crippen molar-refractivity contribution >= 4 is 40.0 Å². The third-order valence-electron chi connectivity index (χ3n) is 2.20. The average molecular weight is 279 g/mol. The summed E-state index contributed by atoms with van der Waals surface area (Å²) in [6.07, 6.45) is 3.51. The lowest BCUT2D eigenvalue weighted by Crippen LogP contribution is -2.07. The lowest BCUT2D eigenvalue weighted by Gasteiger charge is -2.05. The Morgan fingerprint density at radius 2 is 1.72 bits per heavy atom. The highest BCUT2D eigenvalue weighted by Gasteiger charge is 2.18. The van der Waals surface area contributed by atoms with Gasteiger partial charge in [0.25, 0.3) is 0 Å². The van der Waals surface area contributed by atoms with E-state index in [2.05, 4.69) is 0 Å². The molecule has 0 fully saturated rings. The minimum atomic E-state index is -0.332. The summed E-state index contributed by atoms with van der Waals surface area (Å²) in [5.74, 6) is -0.622. The van der Waals surface area contributed by atoms with Gasteiger partial charge < -0.3 is 0 Å². The standard InChI is InChI=1S/C13H7ClO3S/c14-9-3-1-8(2-4-9)13(17)18-12-7-10(15)5-6-11(12)16/h1-7H. The molecule has 0 bridgehead atoms. The van der Waals surface area contributed by atoms with Crippen molar-refractivity contribution in [2.24, 2.45) is 0 Å². The first-order chi connectivity index (χ1) is 8.56. The topological polar surface area (TPSA) is 51.2 Å². The highest BCUT2D eigenvalue weighted by Crippen LogP contribution is 2.25. The third-order valence-corrected chi connectivity index (χ3v) is 3.41. The lowest BCUT2D eigenvalue weighted by atomic mass is 10.2. The Labute approximate surface area is 113 Å². The molecule has 1 aromatic rings. The monoisotopic (exact) mass is 278 g/mol. The van der Waals surface area contributed by atoms with Gasteiger partial charge in [0.2, 0.25) is 5.12 Å². The molecule has 0 saturated heterocycles. The van der Waals surface area contributed by atoms with Gasteiger partial charge in [-0.3, -0.25) is 14.4 Å². The molecule has 0 unspecified atom stereocenters. The zero-order valence-corrected chi connectivity index (χ0v) is 10.6. The van der Waals surface area contributed by atoms with E-state index in [9.17, 15) is 14.4 Å². The predicted octanol–water partition coefficient (Wildman–Crippen LogP) is 2.81. The van der Waals surface area contributed by atoms with Crippen molar-refractivity contribution in [3.8, 4) is 0 Å². The molecule has 0 atom stereocenters. The van der Waals surface area contributed by atoms with Crippen molar-refractivity contribution in [3.05, 3.63) is 58.0 Å². The quantitative estimate of drug-likeness (QED) is 0.781. The second kappa shape index (κ2) is 5.33. The van der Waals surface area contributed by atoms with Crippen LogP contribution in [-0.2, 0) is 9.59 Å². The van der Waals surface area contributed by atoms with Crippen molar-refractivity contribution in [1.82, 2.24) is 0 Å². The molecule has 5 heteroatoms. The van der Waals surface area contributed by atoms with E-state index in [1.165, 1.54) is 18.2 Å². The van der Waals surface area contributed by atoms with Crippen LogP contribution in [0, 0.1) is 0 Å². The van der Waals surface area contributed by atoms with E-state index in [0.29, 0.717) is 10.6 Å². The van der Waals surface area contributed by atoms with Gasteiger partial charge in [-0.15, -0.1) is 0 Å². The lowest BCUT2D eigenvalue weighted by molar-refractivity contribution is -0.114. The molecular formula is C13H7ClO3S. The largest absolute Gasteiger partial charge is 0.290 e. The fraction of sp³-hybridized carbons (Fsp3) is 0. The summed E-state index contributed by atoms with van der Waals surface area (Å²) in [6, 6.07) is 6.33. The van der Waals surface area contributed by atoms with Gasteiger partial charge in [0, 0.05) is 16.7 Å². The number of carbonyl (C=O) groups excluding carboxylic acids is 3. The number of hydrogen-bond donors (Lipinski definition) is 0. The van der Waals surface area contributed by atoms with E-state index < -0.39 is 0 Å². The Bertz CT molecular complexity index is 585. The van der Waals surface area contributed by atoms with Crippen LogP contribution in [-0.4, -0.2) is 16.7 Å². The Morgan fingerprint density at radius 1 is 1.06 bits per heavy atom. The molecule has 0 spiro atoms. The molecule has 0 N–H and O–H groups in total. The van der Waals surface area contributed by atoms with Crippen molar-refractivity contribution < 1.29 is 14.4 Å². The van der Waals surface area contributed by atoms with Crippen molar-refractivity contribution in [2.75, 3.05) is 0 Å². The van der Waals surface area contributed by atoms with E-state index in [1.807, 2.05) is 0 Å². The summed E-state index contributed by atoms with van der Waals surface area (Å²) in [5, 5.41) is 0.233. The number of carbonyl (C=O) groups is 3. The van der Waals surface area contributed by atoms with Gasteiger partial charge in [-0.25, -0.2) is 0 Å². The minimum absolute atomic E-state index is 0.141. The molecule has 0 heterocycles. The van der Waals surface area contributed by atoms with Gasteiger partial charge in [-0.05, 0) is 48.2 Å². The Morgan fingerprint density at radius 3 is 2.39 bits per heavy atom. The molecular weight excluding hydrogens is 272 g/mol. The first-order valence-electron chi connectivity index (χ1n) is 5.02. The van der Waals surface area contributed by atoms with Crippen LogP contribution in [0.2, 0.25) is 5.02 Å². The molecule has 1 aliphatic carbocycles. The second-order valence-corrected chi connectivity index (χ2v) is 4.96. The van der Waals surface area contributed by atoms with E-state index >= 15 is 0 Å². The number of halogens is 1. The molecule has 1 aliphatic rings. The van der Waals surface area contributed by atoms with Crippen molar-refractivity contribution in [2.45, 2.75) is 0 Å². The summed E-state index contributed by atoms with van der Waals surface area (Å²) in [5.41, 5.74) is 0.431. The number of ketones is 2. The average Bonchev–Trinajstić information content (AvgIpc) is 2.34. The predicted molar refractivity (Wildman–Crippen MR) is 70.6 cm³/mol. The fourth-order valence-corrected chi connectivity index (χ4v) is 2.24. The normalized spacial score (nSPS) is 14.6. The van der Waals surface area contributed by atoms with E-state index in [-0.39, 0.29) is 21.6 Å². The van der Waals surface area contributed by atoms with Crippen LogP contribution in [0.15, 0.2) is 47.4 Å². The molecule has 0 radical (unpaired) electrons. The number of thioether (sulfide) groups is 1. The smallest absolute Gasteiger partial charge is 0.224 e. The van der Waals surface area contributed by atoms with Crippen LogP contribution in [0.4, 0.5) is 0 Å². The summed E-state index contributed by atoms with van der Waals surface area (Å²) in [6.45, 7) is 0. The maximum atomic E-state index is 11.9. The Hall–Kier alpha value is -1.65. The SMILES string of the molecule is O=C1C=CC(=O)C(SC(=O)c2ccc(Cl)cc2)=C1. The second-order valence-electron chi connectivity index (χ2n) is 3.50. The van der Waals surface area contributed by atoms with Gasteiger partial charge in [0.05, 0.1) is 4.91 Å². The van der Waals surface area contributed by atoms with E-state index in [0.717, 1.165) is 11.8 Å². The highest BCUT2D eigenvalue weighted by molar-refractivity contribution is 8.18. The maximum Gasteiger partial charge on any atom is 0.224 e. The molecule has 3 nitrogen and oxygen atoms in total. The highest BCUT2D eigenvalue weighted by atomic mass is 35.5. The van der Waals surface area contributed by atoms with Gasteiger partial charge >= 0.3 is 0 Å². The molecule has 0 saturated carbocycles. The molecule has 18 heavy (non-hydrogen) atoms. The van der Waals surface area contributed by atoms with Gasteiger partial charge in [0.1, 0.15) is 0 Å². The van der Waals surface area contributed by atoms with Crippen LogP contribution in [0.5, 0.6) is 0 Å². The zero-order chi connectivity index (χ0) is 13.1. The minimum Gasteiger partial charge on any atom is -0.290 e. The van der Waals surface area contributed by atoms with E-state index in [4.69, 9.17) is 11.6 Å². The zero-order valence-electron chi connectivity index (χ0n) is 9.05. The Balaban J connectivity index is 2.15. The van der Waals surface area contributed by atoms with Crippen LogP contribution in [0.3, 0.4) is 0 Å². The van der Waals surface area contributed by atoms with Crippen LogP contribution in [0.25, 0.3) is 0 Å². The van der Waals surface area contributed by atoms with Crippen LogP contribution in [0.1, 0.15) is 10.4 Å². The maximum absolute atomic E-state index is 11.9. The number of hydrogen-bond acceptors (Lipinski definition) is 4. The number of allylic oxidation sites excluding steroid dienone is 4. The number of benzene rings is 1. The van der Waals surface area contributed by atoms with Gasteiger partial charge in [-0.2, -0.15) is 0 Å². The molecule has 0 amide bonds. The first-order valence-corrected chi connectivity index (χ1v) is 6.21. The molecule has 1 aromatic carbocycles. The Kier molecular flexibility index (Phi) is 3.79. The summed E-state index contributed by atoms with van der Waals surface area (Å²) in [7, 11) is 0. The summed E-state index contributed by atoms with van der Waals surface area (Å²) < 4.78 is 0. The number of rotatable bonds is 2. The molecule has 0 aromatic heterocycles. The van der Waals surface area contributed by atoms with Gasteiger partial charge in [-0.1, -0.05) is 11.6 Å². The van der Waals surface area contributed by atoms with Crippen molar-refractivity contribution in [1.29, 1.82) is 0 Å². The molecule has 0 aliphatic heterocycles. The van der Waals surface area contributed by atoms with Crippen LogP contribution < -0.4 is 0 Å². The van der Waals surface area contributed by atoms with E-state index in [1.54, 1.807) is 24.3 Å². The van der Waals surface area contributed by atoms with Crippen LogP contribution >= 0.6 is 23.4 Å². The molecule has 2 rings (SSSR count). The summed E-state index contributed by atoms with van der Waals surface area (Å²) in [4.78, 5) is 34.6. The first kappa shape index (κ1) is 12.8. The van der Waals surface area contributed by atoms with Gasteiger partial charge in [0.15, 0.2) is 11.6 Å². The third kappa shape index (κ3) is 2.97.